The summed E-state index contributed by atoms with van der Waals surface area (Å²) in [5.41, 5.74) is 2.88. The number of nitrogens with zero attached hydrogens (tertiary/aromatic N) is 6. The van der Waals surface area contributed by atoms with E-state index in [0.717, 1.165) is 67.3 Å². The Morgan fingerprint density at radius 1 is 0.881 bits per heavy atom. The first-order chi connectivity index (χ1) is 32.4. The van der Waals surface area contributed by atoms with E-state index < -0.39 is 47.4 Å². The molecular formula is C48H52FN9O9. The van der Waals surface area contributed by atoms with E-state index in [1.54, 1.807) is 18.3 Å². The molecule has 0 aromatic heterocycles. The third-order valence-corrected chi connectivity index (χ3v) is 13.4. The number of carbonyl (C=O) groups excluding carboxylic acids is 7. The van der Waals surface area contributed by atoms with Crippen LogP contribution >= 0.6 is 0 Å². The monoisotopic (exact) mass is 917 g/mol. The number of halogens is 1. The number of anilines is 2. The number of nitrogens with one attached hydrogen (secondary N) is 3. The van der Waals surface area contributed by atoms with Crippen LogP contribution in [0.3, 0.4) is 0 Å². The maximum atomic E-state index is 14.5. The van der Waals surface area contributed by atoms with Crippen molar-refractivity contribution in [2.45, 2.75) is 69.6 Å². The SMILES string of the molecule is O=C1CCC(N2C(=O)c3cccc(NCCOCCC(=O)N4CCN(C5CCN(c6ccc7c(c6)C(=O)N(C(C(=O)NC6=NC=CCC6)c6cc(F)ccc6O)C7)CC5)CC4)c3C2=O)C(=O)N1. The van der Waals surface area contributed by atoms with E-state index in [1.165, 1.54) is 17.0 Å². The molecule has 2 unspecified atom stereocenters. The van der Waals surface area contributed by atoms with Crippen molar-refractivity contribution >= 4 is 58.6 Å². The second kappa shape index (κ2) is 19.5. The minimum Gasteiger partial charge on any atom is -0.508 e. The Labute approximate surface area is 385 Å². The predicted octanol–water partition coefficient (Wildman–Crippen LogP) is 3.08. The van der Waals surface area contributed by atoms with Crippen molar-refractivity contribution in [3.8, 4) is 5.75 Å². The number of hydrogen-bond donors (Lipinski definition) is 4. The van der Waals surface area contributed by atoms with E-state index in [9.17, 15) is 43.1 Å². The molecule has 0 bridgehead atoms. The lowest BCUT2D eigenvalue weighted by atomic mass is 10.0. The molecule has 0 spiro atoms. The number of piperidine rings is 2. The summed E-state index contributed by atoms with van der Waals surface area (Å²) >= 11 is 0. The standard InChI is InChI=1S/C48H52FN9O9/c49-30-8-11-38(59)35(26-30)43(45(63)52-39-6-1-2-16-51-39)57-28-29-7-9-32(27-34(29)46(57)64)54-18-13-31(14-19-54)55-20-22-56(23-21-55)41(61)15-24-67-25-17-50-36-5-3-4-33-42(36)48(66)58(47(33)65)37-10-12-40(60)53-44(37)62/h2-5,7-9,11,16,26-27,31,37,43,50,59H,1,6,10,12-15,17-25,28H2,(H,51,52,63)(H,53,60,62). The molecule has 4 N–H and O–H groups in total. The van der Waals surface area contributed by atoms with Gasteiger partial charge >= 0.3 is 0 Å². The number of ether oxygens (including phenoxy) is 1. The van der Waals surface area contributed by atoms with Gasteiger partial charge in [-0.3, -0.25) is 48.7 Å². The number of hydrogen-bond acceptors (Lipinski definition) is 13. The molecule has 350 valence electrons. The van der Waals surface area contributed by atoms with Crippen molar-refractivity contribution in [1.82, 2.24) is 30.2 Å². The molecule has 6 heterocycles. The van der Waals surface area contributed by atoms with Gasteiger partial charge in [-0.1, -0.05) is 18.2 Å². The first-order valence-electron chi connectivity index (χ1n) is 22.8. The highest BCUT2D eigenvalue weighted by Crippen LogP contribution is 2.38. The second-order valence-electron chi connectivity index (χ2n) is 17.5. The van der Waals surface area contributed by atoms with Crippen LogP contribution in [0.25, 0.3) is 0 Å². The number of phenols is 1. The number of amides is 7. The zero-order valence-electron chi connectivity index (χ0n) is 36.9. The zero-order valence-corrected chi connectivity index (χ0v) is 36.9. The molecule has 3 aromatic carbocycles. The van der Waals surface area contributed by atoms with Crippen LogP contribution in [-0.2, 0) is 30.5 Å². The summed E-state index contributed by atoms with van der Waals surface area (Å²) in [4.78, 5) is 105. The Kier molecular flexibility index (Phi) is 13.1. The van der Waals surface area contributed by atoms with Gasteiger partial charge in [-0.25, -0.2) is 9.38 Å². The van der Waals surface area contributed by atoms with E-state index in [0.29, 0.717) is 55.6 Å². The summed E-state index contributed by atoms with van der Waals surface area (Å²) in [6, 6.07) is 12.0. The van der Waals surface area contributed by atoms with E-state index in [-0.39, 0.29) is 73.3 Å². The summed E-state index contributed by atoms with van der Waals surface area (Å²) in [5, 5.41) is 18.9. The van der Waals surface area contributed by atoms with E-state index in [2.05, 4.69) is 30.7 Å². The number of phenolic OH excluding ortho intramolecular Hbond substituents is 1. The van der Waals surface area contributed by atoms with Gasteiger partial charge in [0.2, 0.25) is 17.7 Å². The lowest BCUT2D eigenvalue weighted by Crippen LogP contribution is -2.54. The topological polar surface area (TPSA) is 214 Å². The molecule has 6 aliphatic rings. The molecule has 0 radical (unpaired) electrons. The maximum Gasteiger partial charge on any atom is 0.264 e. The highest BCUT2D eigenvalue weighted by Gasteiger charge is 2.46. The quantitative estimate of drug-likeness (QED) is 0.144. The highest BCUT2D eigenvalue weighted by molar-refractivity contribution is 6.25. The van der Waals surface area contributed by atoms with E-state index >= 15 is 0 Å². The summed E-state index contributed by atoms with van der Waals surface area (Å²) in [5.74, 6) is -3.73. The van der Waals surface area contributed by atoms with Gasteiger partial charge in [0.25, 0.3) is 23.6 Å². The third-order valence-electron chi connectivity index (χ3n) is 13.4. The Morgan fingerprint density at radius 3 is 2.45 bits per heavy atom. The Hall–Kier alpha value is -6.99. The van der Waals surface area contributed by atoms with Gasteiger partial charge in [0.05, 0.1) is 30.8 Å². The number of amidine groups is 1. The van der Waals surface area contributed by atoms with Gasteiger partial charge in [-0.2, -0.15) is 0 Å². The van der Waals surface area contributed by atoms with Crippen molar-refractivity contribution in [2.75, 3.05) is 69.2 Å². The number of piperazine rings is 1. The average Bonchev–Trinajstić information content (AvgIpc) is 3.79. The average molecular weight is 918 g/mol. The van der Waals surface area contributed by atoms with Crippen LogP contribution in [0.1, 0.15) is 93.2 Å². The van der Waals surface area contributed by atoms with Crippen LogP contribution in [0.2, 0.25) is 0 Å². The van der Waals surface area contributed by atoms with Gasteiger partial charge in [0.1, 0.15) is 29.5 Å². The molecular weight excluding hydrogens is 866 g/mol. The van der Waals surface area contributed by atoms with Crippen LogP contribution in [-0.4, -0.2) is 143 Å². The lowest BCUT2D eigenvalue weighted by molar-refractivity contribution is -0.136. The lowest BCUT2D eigenvalue weighted by Gasteiger charge is -2.43. The third kappa shape index (κ3) is 9.38. The summed E-state index contributed by atoms with van der Waals surface area (Å²) in [6.45, 7) is 5.18. The summed E-state index contributed by atoms with van der Waals surface area (Å²) in [7, 11) is 0. The Morgan fingerprint density at radius 2 is 1.69 bits per heavy atom. The Balaban J connectivity index is 0.711. The fraction of sp³-hybridized carbons (Fsp3) is 0.417. The number of imide groups is 2. The van der Waals surface area contributed by atoms with Crippen molar-refractivity contribution in [2.24, 2.45) is 4.99 Å². The zero-order chi connectivity index (χ0) is 46.8. The number of aromatic hydroxyl groups is 1. The molecule has 3 aromatic rings. The first kappa shape index (κ1) is 45.2. The molecule has 6 aliphatic heterocycles. The van der Waals surface area contributed by atoms with Gasteiger partial charge in [-0.15, -0.1) is 0 Å². The van der Waals surface area contributed by atoms with E-state index in [1.807, 2.05) is 29.2 Å². The van der Waals surface area contributed by atoms with Gasteiger partial charge in [0, 0.05) is 99.9 Å². The fourth-order valence-corrected chi connectivity index (χ4v) is 9.88. The molecule has 9 rings (SSSR count). The molecule has 2 atom stereocenters. The van der Waals surface area contributed by atoms with Crippen LogP contribution in [0.5, 0.6) is 5.75 Å². The molecule has 3 saturated heterocycles. The van der Waals surface area contributed by atoms with Crippen LogP contribution in [0.15, 0.2) is 71.9 Å². The maximum absolute atomic E-state index is 14.5. The first-order valence-corrected chi connectivity index (χ1v) is 22.8. The van der Waals surface area contributed by atoms with Crippen molar-refractivity contribution in [1.29, 1.82) is 0 Å². The number of fused-ring (bicyclic) bond motifs is 2. The molecule has 7 amide bonds. The minimum atomic E-state index is -1.29. The van der Waals surface area contributed by atoms with Gasteiger partial charge in [0.15, 0.2) is 0 Å². The normalized spacial score (nSPS) is 20.5. The molecule has 0 saturated carbocycles. The molecule has 3 fully saturated rings. The number of allylic oxidation sites excluding steroid dienone is 1. The van der Waals surface area contributed by atoms with Crippen molar-refractivity contribution < 1.29 is 47.8 Å². The van der Waals surface area contributed by atoms with Crippen molar-refractivity contribution in [3.63, 3.8) is 0 Å². The molecule has 19 heteroatoms. The summed E-state index contributed by atoms with van der Waals surface area (Å²) < 4.78 is 20.3. The van der Waals surface area contributed by atoms with Crippen LogP contribution < -0.4 is 20.9 Å². The van der Waals surface area contributed by atoms with E-state index in [4.69, 9.17) is 4.74 Å². The molecule has 67 heavy (non-hydrogen) atoms. The van der Waals surface area contributed by atoms with Crippen molar-refractivity contribution in [3.05, 3.63) is 101 Å². The number of benzene rings is 3. The molecule has 18 nitrogen and oxygen atoms in total. The molecule has 0 aliphatic carbocycles. The highest BCUT2D eigenvalue weighted by atomic mass is 19.1. The number of carbonyl (C=O) groups is 7. The second-order valence-corrected chi connectivity index (χ2v) is 17.5. The van der Waals surface area contributed by atoms with Gasteiger partial charge < -0.3 is 35.2 Å². The number of aliphatic imine (C=N–C) groups is 1. The predicted molar refractivity (Wildman–Crippen MR) is 242 cm³/mol. The fourth-order valence-electron chi connectivity index (χ4n) is 9.88. The minimum absolute atomic E-state index is 0.00804. The largest absolute Gasteiger partial charge is 0.508 e. The Bertz CT molecular complexity index is 2570. The van der Waals surface area contributed by atoms with Gasteiger partial charge in [-0.05, 0) is 73.7 Å². The summed E-state index contributed by atoms with van der Waals surface area (Å²) in [6.07, 6.45) is 6.82. The van der Waals surface area contributed by atoms with Crippen LogP contribution in [0, 0.1) is 5.82 Å². The smallest absolute Gasteiger partial charge is 0.264 e. The number of rotatable bonds is 13. The van der Waals surface area contributed by atoms with Crippen LogP contribution in [0.4, 0.5) is 15.8 Å².